The summed E-state index contributed by atoms with van der Waals surface area (Å²) < 4.78 is 5.42. The molecule has 0 unspecified atom stereocenters. The molecule has 1 aromatic carbocycles. The molecule has 2 rings (SSSR count). The molecule has 1 aromatic heterocycles. The molecule has 1 heterocycles. The third-order valence-electron chi connectivity index (χ3n) is 3.75. The first kappa shape index (κ1) is 13.5. The van der Waals surface area contributed by atoms with Gasteiger partial charge in [-0.3, -0.25) is 5.10 Å². The van der Waals surface area contributed by atoms with Crippen LogP contribution in [0, 0.1) is 0 Å². The van der Waals surface area contributed by atoms with Crippen molar-refractivity contribution in [3.63, 3.8) is 0 Å². The van der Waals surface area contributed by atoms with Crippen LogP contribution in [0.5, 0.6) is 5.75 Å². The Hall–Kier alpha value is -1.97. The fraction of sp³-hybridized carbons (Fsp3) is 0.400. The van der Waals surface area contributed by atoms with Crippen molar-refractivity contribution in [3.05, 3.63) is 29.8 Å². The molecule has 0 aliphatic heterocycles. The Morgan fingerprint density at radius 2 is 2.05 bits per heavy atom. The molecular formula is C15H21N3O. The average molecular weight is 259 g/mol. The lowest BCUT2D eigenvalue weighted by atomic mass is 9.81. The number of methoxy groups -OCH3 is 1. The van der Waals surface area contributed by atoms with E-state index >= 15 is 0 Å². The highest BCUT2D eigenvalue weighted by Crippen LogP contribution is 2.35. The maximum absolute atomic E-state index is 5.67. The molecule has 0 aliphatic rings. The minimum absolute atomic E-state index is 0.132. The number of aromatic nitrogens is 2. The van der Waals surface area contributed by atoms with E-state index in [0.717, 1.165) is 23.4 Å². The summed E-state index contributed by atoms with van der Waals surface area (Å²) in [6.07, 6.45) is 1.07. The largest absolute Gasteiger partial charge is 0.496 e. The van der Waals surface area contributed by atoms with E-state index in [2.05, 4.69) is 43.1 Å². The number of benzene rings is 1. The Labute approximate surface area is 114 Å². The van der Waals surface area contributed by atoms with E-state index in [0.29, 0.717) is 5.82 Å². The van der Waals surface area contributed by atoms with Crippen molar-refractivity contribution < 1.29 is 4.74 Å². The number of rotatable bonds is 4. The smallest absolute Gasteiger partial charge is 0.145 e. The van der Waals surface area contributed by atoms with Crippen LogP contribution in [0.3, 0.4) is 0 Å². The van der Waals surface area contributed by atoms with Gasteiger partial charge in [0.25, 0.3) is 0 Å². The Morgan fingerprint density at radius 1 is 1.32 bits per heavy atom. The molecule has 2 aromatic rings. The first-order chi connectivity index (χ1) is 8.97. The number of nitrogens with two attached hydrogens (primary N) is 1. The predicted molar refractivity (Wildman–Crippen MR) is 78.3 cm³/mol. The number of nitrogens with one attached hydrogen (secondary N) is 1. The van der Waals surface area contributed by atoms with Crippen molar-refractivity contribution in [2.24, 2.45) is 0 Å². The zero-order valence-corrected chi connectivity index (χ0v) is 11.9. The number of ether oxygens (including phenoxy) is 1. The Kier molecular flexibility index (Phi) is 3.51. The highest BCUT2D eigenvalue weighted by Gasteiger charge is 2.20. The third-order valence-corrected chi connectivity index (χ3v) is 3.75. The second-order valence-electron chi connectivity index (χ2n) is 5.36. The van der Waals surface area contributed by atoms with E-state index in [-0.39, 0.29) is 5.41 Å². The van der Waals surface area contributed by atoms with Gasteiger partial charge in [0.2, 0.25) is 0 Å². The van der Waals surface area contributed by atoms with Crippen molar-refractivity contribution in [3.8, 4) is 17.0 Å². The van der Waals surface area contributed by atoms with Crippen molar-refractivity contribution in [2.45, 2.75) is 32.6 Å². The lowest BCUT2D eigenvalue weighted by Gasteiger charge is -2.24. The maximum atomic E-state index is 5.67. The van der Waals surface area contributed by atoms with Crippen LogP contribution >= 0.6 is 0 Å². The van der Waals surface area contributed by atoms with E-state index in [9.17, 15) is 0 Å². The molecular weight excluding hydrogens is 238 g/mol. The van der Waals surface area contributed by atoms with Gasteiger partial charge >= 0.3 is 0 Å². The molecule has 0 aliphatic carbocycles. The Balaban J connectivity index is 2.54. The van der Waals surface area contributed by atoms with Gasteiger partial charge < -0.3 is 10.5 Å². The summed E-state index contributed by atoms with van der Waals surface area (Å²) in [4.78, 5) is 0. The summed E-state index contributed by atoms with van der Waals surface area (Å²) in [6, 6.07) is 8.08. The molecule has 19 heavy (non-hydrogen) atoms. The maximum Gasteiger partial charge on any atom is 0.145 e. The SMILES string of the molecule is CCC(C)(C)c1ccc(OC)c(-c2cc(N)n[nH]2)c1. The van der Waals surface area contributed by atoms with Crippen LogP contribution < -0.4 is 10.5 Å². The lowest BCUT2D eigenvalue weighted by Crippen LogP contribution is -2.15. The molecule has 0 saturated carbocycles. The van der Waals surface area contributed by atoms with Gasteiger partial charge in [0.1, 0.15) is 11.6 Å². The lowest BCUT2D eigenvalue weighted by molar-refractivity contribution is 0.415. The van der Waals surface area contributed by atoms with Gasteiger partial charge in [0.15, 0.2) is 0 Å². The molecule has 0 spiro atoms. The van der Waals surface area contributed by atoms with Gasteiger partial charge in [-0.1, -0.05) is 26.8 Å². The van der Waals surface area contributed by atoms with E-state index in [1.54, 1.807) is 7.11 Å². The number of nitrogen functional groups attached to an aromatic ring is 1. The Morgan fingerprint density at radius 3 is 2.58 bits per heavy atom. The summed E-state index contributed by atoms with van der Waals surface area (Å²) in [5, 5.41) is 6.92. The second kappa shape index (κ2) is 4.96. The van der Waals surface area contributed by atoms with Gasteiger partial charge in [-0.15, -0.1) is 0 Å². The molecule has 0 fully saturated rings. The molecule has 3 N–H and O–H groups in total. The first-order valence-corrected chi connectivity index (χ1v) is 6.47. The van der Waals surface area contributed by atoms with Crippen molar-refractivity contribution in [1.82, 2.24) is 10.2 Å². The number of nitrogens with zero attached hydrogens (tertiary/aromatic N) is 1. The van der Waals surface area contributed by atoms with E-state index in [1.165, 1.54) is 5.56 Å². The van der Waals surface area contributed by atoms with Crippen LogP contribution in [0.2, 0.25) is 0 Å². The van der Waals surface area contributed by atoms with Crippen molar-refractivity contribution in [2.75, 3.05) is 12.8 Å². The van der Waals surface area contributed by atoms with Gasteiger partial charge in [0.05, 0.1) is 12.8 Å². The van der Waals surface area contributed by atoms with Crippen LogP contribution in [0.15, 0.2) is 24.3 Å². The number of hydrogen-bond donors (Lipinski definition) is 2. The van der Waals surface area contributed by atoms with Crippen LogP contribution in [0.4, 0.5) is 5.82 Å². The van der Waals surface area contributed by atoms with Crippen molar-refractivity contribution >= 4 is 5.82 Å². The molecule has 0 atom stereocenters. The number of anilines is 1. The summed E-state index contributed by atoms with van der Waals surface area (Å²) in [5.41, 5.74) is 8.95. The molecule has 0 radical (unpaired) electrons. The third kappa shape index (κ3) is 2.57. The zero-order chi connectivity index (χ0) is 14.0. The summed E-state index contributed by atoms with van der Waals surface area (Å²) >= 11 is 0. The molecule has 0 bridgehead atoms. The molecule has 0 saturated heterocycles. The van der Waals surface area contributed by atoms with E-state index in [4.69, 9.17) is 10.5 Å². The highest BCUT2D eigenvalue weighted by atomic mass is 16.5. The molecule has 4 nitrogen and oxygen atoms in total. The monoisotopic (exact) mass is 259 g/mol. The predicted octanol–water partition coefficient (Wildman–Crippen LogP) is 3.36. The number of H-pyrrole nitrogens is 1. The molecule has 4 heteroatoms. The van der Waals surface area contributed by atoms with Gasteiger partial charge in [-0.25, -0.2) is 0 Å². The fourth-order valence-corrected chi connectivity index (χ4v) is 2.02. The first-order valence-electron chi connectivity index (χ1n) is 6.47. The number of hydrogen-bond acceptors (Lipinski definition) is 3. The van der Waals surface area contributed by atoms with Gasteiger partial charge in [-0.2, -0.15) is 5.10 Å². The fourth-order valence-electron chi connectivity index (χ4n) is 2.02. The summed E-state index contributed by atoms with van der Waals surface area (Å²) in [5.74, 6) is 1.30. The average Bonchev–Trinajstić information content (AvgIpc) is 2.84. The second-order valence-corrected chi connectivity index (χ2v) is 5.36. The van der Waals surface area contributed by atoms with Gasteiger partial charge in [0, 0.05) is 11.6 Å². The number of aromatic amines is 1. The van der Waals surface area contributed by atoms with Crippen LogP contribution in [-0.4, -0.2) is 17.3 Å². The molecule has 102 valence electrons. The van der Waals surface area contributed by atoms with Crippen LogP contribution in [0.25, 0.3) is 11.3 Å². The Bertz CT molecular complexity index is 573. The quantitative estimate of drug-likeness (QED) is 0.885. The van der Waals surface area contributed by atoms with E-state index in [1.807, 2.05) is 12.1 Å². The normalized spacial score (nSPS) is 11.6. The van der Waals surface area contributed by atoms with Crippen LogP contribution in [-0.2, 0) is 5.41 Å². The standard InChI is InChI=1S/C15H21N3O/c1-5-15(2,3)10-6-7-13(19-4)11(8-10)12-9-14(16)18-17-12/h6-9H,5H2,1-4H3,(H3,16,17,18). The minimum atomic E-state index is 0.132. The summed E-state index contributed by atoms with van der Waals surface area (Å²) in [7, 11) is 1.67. The van der Waals surface area contributed by atoms with Gasteiger partial charge in [-0.05, 0) is 29.5 Å². The topological polar surface area (TPSA) is 63.9 Å². The van der Waals surface area contributed by atoms with E-state index < -0.39 is 0 Å². The summed E-state index contributed by atoms with van der Waals surface area (Å²) in [6.45, 7) is 6.66. The van der Waals surface area contributed by atoms with Crippen molar-refractivity contribution in [1.29, 1.82) is 0 Å². The van der Waals surface area contributed by atoms with Crippen LogP contribution in [0.1, 0.15) is 32.8 Å². The zero-order valence-electron chi connectivity index (χ0n) is 11.9. The highest BCUT2D eigenvalue weighted by molar-refractivity contribution is 5.70. The minimum Gasteiger partial charge on any atom is -0.496 e. The molecule has 0 amide bonds.